The Bertz CT molecular complexity index is 226. The summed E-state index contributed by atoms with van der Waals surface area (Å²) in [5.41, 5.74) is 4.82. The summed E-state index contributed by atoms with van der Waals surface area (Å²) in [6, 6.07) is 0. The third-order valence-electron chi connectivity index (χ3n) is 2.07. The maximum Gasteiger partial charge on any atom is 0.310 e. The second-order valence-electron chi connectivity index (χ2n) is 3.35. The van der Waals surface area contributed by atoms with Crippen LogP contribution in [0.1, 0.15) is 19.3 Å². The smallest absolute Gasteiger partial charge is 0.310 e. The molecular weight excluding hydrogens is 188 g/mol. The van der Waals surface area contributed by atoms with Crippen molar-refractivity contribution in [1.29, 1.82) is 0 Å². The number of ether oxygens (including phenoxy) is 1. The number of hydrogen-bond acceptors (Lipinski definition) is 3. The van der Waals surface area contributed by atoms with E-state index in [4.69, 9.17) is 10.5 Å². The Morgan fingerprint density at radius 2 is 2.15 bits per heavy atom. The van der Waals surface area contributed by atoms with E-state index in [-0.39, 0.29) is 0 Å². The predicted molar refractivity (Wildman–Crippen MR) is 49.8 cm³/mol. The first-order chi connectivity index (χ1) is 6.03. The highest BCUT2D eigenvalue weighted by molar-refractivity contribution is 6.35. The van der Waals surface area contributed by atoms with Gasteiger partial charge in [-0.1, -0.05) is 0 Å². The van der Waals surface area contributed by atoms with Gasteiger partial charge in [-0.3, -0.25) is 9.59 Å². The number of primary amides is 1. The van der Waals surface area contributed by atoms with Gasteiger partial charge in [-0.05, 0) is 19.3 Å². The van der Waals surface area contributed by atoms with Crippen LogP contribution < -0.4 is 11.1 Å². The van der Waals surface area contributed by atoms with Crippen molar-refractivity contribution in [3.05, 3.63) is 0 Å². The van der Waals surface area contributed by atoms with Crippen molar-refractivity contribution < 1.29 is 14.3 Å². The van der Waals surface area contributed by atoms with Crippen molar-refractivity contribution in [1.82, 2.24) is 5.32 Å². The van der Waals surface area contributed by atoms with Crippen molar-refractivity contribution in [3.63, 3.8) is 0 Å². The molecule has 2 amide bonds. The lowest BCUT2D eigenvalue weighted by Gasteiger charge is -2.34. The van der Waals surface area contributed by atoms with Crippen LogP contribution in [0, 0.1) is 0 Å². The molecule has 1 atom stereocenters. The fourth-order valence-electron chi connectivity index (χ4n) is 1.33. The van der Waals surface area contributed by atoms with Crippen molar-refractivity contribution in [3.8, 4) is 0 Å². The molecule has 0 saturated carbocycles. The van der Waals surface area contributed by atoms with Gasteiger partial charge in [0.2, 0.25) is 0 Å². The van der Waals surface area contributed by atoms with Crippen LogP contribution in [0.2, 0.25) is 0 Å². The lowest BCUT2D eigenvalue weighted by molar-refractivity contribution is -0.142. The molecule has 1 aliphatic heterocycles. The van der Waals surface area contributed by atoms with Gasteiger partial charge in [-0.25, -0.2) is 0 Å². The fraction of sp³-hybridized carbons (Fsp3) is 0.714. The number of nitrogens with one attached hydrogen (secondary N) is 1. The van der Waals surface area contributed by atoms with Crippen LogP contribution in [0.3, 0.4) is 0 Å². The number of hydrogen-bond donors (Lipinski definition) is 2. The molecule has 1 aliphatic rings. The van der Waals surface area contributed by atoms with Gasteiger partial charge in [0, 0.05) is 6.61 Å². The summed E-state index contributed by atoms with van der Waals surface area (Å²) >= 11 is 0. The Morgan fingerprint density at radius 3 is 2.62 bits per heavy atom. The largest absolute Gasteiger partial charge is 0.361 e. The van der Waals surface area contributed by atoms with Crippen LogP contribution in [-0.2, 0) is 14.3 Å². The standard InChI is InChI=1S/C7H14N2O3Si/c8-5(10)6(11)9-7(13)3-1-2-4-12-7/h1-4H2,13H3,(H2,8,10)(H,9,11). The van der Waals surface area contributed by atoms with Crippen LogP contribution in [0.15, 0.2) is 0 Å². The molecule has 1 unspecified atom stereocenters. The first kappa shape index (κ1) is 10.2. The van der Waals surface area contributed by atoms with Crippen molar-refractivity contribution in [2.75, 3.05) is 6.61 Å². The van der Waals surface area contributed by atoms with E-state index in [0.717, 1.165) is 19.3 Å². The van der Waals surface area contributed by atoms with Crippen LogP contribution in [0.25, 0.3) is 0 Å². The quantitative estimate of drug-likeness (QED) is 0.374. The monoisotopic (exact) mass is 202 g/mol. The molecule has 1 heterocycles. The minimum absolute atomic E-state index is 0.579. The number of carbonyl (C=O) groups is 2. The fourth-order valence-corrected chi connectivity index (χ4v) is 2.12. The Hall–Kier alpha value is -0.883. The highest BCUT2D eigenvalue weighted by atomic mass is 28.1. The Labute approximate surface area is 79.4 Å². The Morgan fingerprint density at radius 1 is 1.46 bits per heavy atom. The van der Waals surface area contributed by atoms with Gasteiger partial charge in [0.1, 0.15) is 5.35 Å². The zero-order chi connectivity index (χ0) is 9.90. The minimum Gasteiger partial charge on any atom is -0.361 e. The molecule has 0 aromatic carbocycles. The van der Waals surface area contributed by atoms with Crippen molar-refractivity contribution in [2.24, 2.45) is 5.73 Å². The molecule has 13 heavy (non-hydrogen) atoms. The van der Waals surface area contributed by atoms with Gasteiger partial charge in [0.05, 0.1) is 10.2 Å². The zero-order valence-electron chi connectivity index (χ0n) is 7.63. The lowest BCUT2D eigenvalue weighted by Crippen LogP contribution is -2.55. The minimum atomic E-state index is -0.954. The average Bonchev–Trinajstić information content (AvgIpc) is 2.04. The molecule has 0 radical (unpaired) electrons. The van der Waals surface area contributed by atoms with E-state index in [2.05, 4.69) is 5.32 Å². The summed E-state index contributed by atoms with van der Waals surface area (Å²) in [5.74, 6) is -1.71. The highest BCUT2D eigenvalue weighted by Crippen LogP contribution is 2.18. The Balaban J connectivity index is 2.50. The van der Waals surface area contributed by atoms with Gasteiger partial charge in [-0.2, -0.15) is 0 Å². The molecule has 0 aromatic rings. The normalized spacial score (nSPS) is 28.3. The van der Waals surface area contributed by atoms with Gasteiger partial charge in [-0.15, -0.1) is 0 Å². The number of rotatable bonds is 1. The van der Waals surface area contributed by atoms with Crippen LogP contribution in [0.4, 0.5) is 0 Å². The summed E-state index contributed by atoms with van der Waals surface area (Å²) in [6.07, 6.45) is 2.80. The number of amides is 2. The molecule has 0 aromatic heterocycles. The van der Waals surface area contributed by atoms with Crippen LogP contribution in [0.5, 0.6) is 0 Å². The maximum atomic E-state index is 11.0. The number of carbonyl (C=O) groups excluding carboxylic acids is 2. The maximum absolute atomic E-state index is 11.0. The molecule has 5 nitrogen and oxygen atoms in total. The third-order valence-corrected chi connectivity index (χ3v) is 3.11. The molecule has 1 rings (SSSR count). The van der Waals surface area contributed by atoms with E-state index in [0.29, 0.717) is 16.8 Å². The van der Waals surface area contributed by atoms with Gasteiger partial charge >= 0.3 is 11.8 Å². The summed E-state index contributed by atoms with van der Waals surface area (Å²) < 4.78 is 5.41. The first-order valence-electron chi connectivity index (χ1n) is 4.29. The van der Waals surface area contributed by atoms with Gasteiger partial charge in [0.25, 0.3) is 0 Å². The second-order valence-corrected chi connectivity index (χ2v) is 4.97. The second kappa shape index (κ2) is 3.88. The molecule has 0 bridgehead atoms. The topological polar surface area (TPSA) is 81.4 Å². The summed E-state index contributed by atoms with van der Waals surface area (Å²) in [7, 11) is 0.662. The van der Waals surface area contributed by atoms with E-state index in [1.165, 1.54) is 0 Å². The lowest BCUT2D eigenvalue weighted by atomic mass is 10.2. The van der Waals surface area contributed by atoms with Crippen LogP contribution in [-0.4, -0.2) is 34.0 Å². The molecule has 0 spiro atoms. The van der Waals surface area contributed by atoms with E-state index in [1.807, 2.05) is 0 Å². The summed E-state index contributed by atoms with van der Waals surface area (Å²) in [6.45, 7) is 0.641. The van der Waals surface area contributed by atoms with E-state index in [1.54, 1.807) is 0 Å². The molecule has 3 N–H and O–H groups in total. The molecule has 0 aliphatic carbocycles. The average molecular weight is 202 g/mol. The Kier molecular flexibility index (Phi) is 3.05. The highest BCUT2D eigenvalue weighted by Gasteiger charge is 2.30. The molecule has 1 fully saturated rings. The van der Waals surface area contributed by atoms with Gasteiger partial charge < -0.3 is 15.8 Å². The SMILES string of the molecule is NC(=O)C(=O)NC1([SiH3])CCCCO1. The molecule has 1 saturated heterocycles. The van der Waals surface area contributed by atoms with E-state index in [9.17, 15) is 9.59 Å². The van der Waals surface area contributed by atoms with Crippen LogP contribution >= 0.6 is 0 Å². The van der Waals surface area contributed by atoms with E-state index < -0.39 is 17.2 Å². The third kappa shape index (κ3) is 2.82. The van der Waals surface area contributed by atoms with Gasteiger partial charge in [0.15, 0.2) is 0 Å². The van der Waals surface area contributed by atoms with Crippen molar-refractivity contribution >= 4 is 22.1 Å². The predicted octanol–water partition coefficient (Wildman–Crippen LogP) is -2.19. The van der Waals surface area contributed by atoms with E-state index >= 15 is 0 Å². The molecule has 74 valence electrons. The first-order valence-corrected chi connectivity index (χ1v) is 5.29. The summed E-state index contributed by atoms with van der Waals surface area (Å²) in [4.78, 5) is 21.5. The van der Waals surface area contributed by atoms with Crippen molar-refractivity contribution in [2.45, 2.75) is 24.6 Å². The zero-order valence-corrected chi connectivity index (χ0v) is 9.63. The molecular formula is C7H14N2O3Si. The molecule has 6 heteroatoms. The summed E-state index contributed by atoms with van der Waals surface area (Å²) in [5, 5.41) is 1.94. The number of nitrogens with two attached hydrogens (primary N) is 1.